The van der Waals surface area contributed by atoms with Gasteiger partial charge in [-0.15, -0.1) is 0 Å². The largest absolute Gasteiger partial charge is 0.491 e. The molecule has 0 saturated heterocycles. The fourth-order valence-corrected chi connectivity index (χ4v) is 3.63. The zero-order chi connectivity index (χ0) is 16.9. The van der Waals surface area contributed by atoms with Gasteiger partial charge >= 0.3 is 0 Å². The number of fused-ring (bicyclic) bond motifs is 1. The highest BCUT2D eigenvalue weighted by atomic mass is 16.5. The Morgan fingerprint density at radius 3 is 2.08 bits per heavy atom. The quantitative estimate of drug-likeness (QED) is 0.692. The molecule has 126 valence electrons. The molecule has 0 aliphatic carbocycles. The van der Waals surface area contributed by atoms with E-state index in [1.54, 1.807) is 0 Å². The minimum Gasteiger partial charge on any atom is -0.491 e. The molecule has 0 aromatic heterocycles. The first-order chi connectivity index (χ1) is 12.4. The minimum absolute atomic E-state index is 0.295. The Balaban J connectivity index is 1.45. The highest BCUT2D eigenvalue weighted by molar-refractivity contribution is 5.39. The van der Waals surface area contributed by atoms with Gasteiger partial charge in [-0.05, 0) is 30.2 Å². The second kappa shape index (κ2) is 7.54. The van der Waals surface area contributed by atoms with Gasteiger partial charge in [0.15, 0.2) is 0 Å². The van der Waals surface area contributed by atoms with Crippen LogP contribution in [0.4, 0.5) is 0 Å². The fraction of sp³-hybridized carbons (Fsp3) is 0.217. The number of benzene rings is 3. The Kier molecular flexibility index (Phi) is 4.80. The molecule has 25 heavy (non-hydrogen) atoms. The van der Waals surface area contributed by atoms with Crippen molar-refractivity contribution in [2.75, 3.05) is 13.2 Å². The van der Waals surface area contributed by atoms with Gasteiger partial charge in [-0.1, -0.05) is 78.9 Å². The second-order valence-electron chi connectivity index (χ2n) is 6.52. The number of hydrogen-bond donors (Lipinski definition) is 1. The van der Waals surface area contributed by atoms with Crippen LogP contribution in [0.3, 0.4) is 0 Å². The Morgan fingerprint density at radius 2 is 1.40 bits per heavy atom. The lowest BCUT2D eigenvalue weighted by Gasteiger charge is -2.20. The molecule has 1 N–H and O–H groups in total. The second-order valence-corrected chi connectivity index (χ2v) is 6.52. The SMILES string of the molecule is c1ccc(C(CCN[C@H]2COc3ccccc32)c2ccccc2)cc1. The Hall–Kier alpha value is -2.58. The average molecular weight is 329 g/mol. The van der Waals surface area contributed by atoms with Crippen molar-refractivity contribution in [3.63, 3.8) is 0 Å². The molecule has 2 heteroatoms. The standard InChI is InChI=1S/C23H23NO/c1-3-9-18(10-4-1)20(19-11-5-2-6-12-19)15-16-24-22-17-25-23-14-8-7-13-21(22)23/h1-14,20,22,24H,15-17H2/t22-/m0/s1. The first-order valence-corrected chi connectivity index (χ1v) is 8.97. The summed E-state index contributed by atoms with van der Waals surface area (Å²) in [7, 11) is 0. The molecule has 1 heterocycles. The van der Waals surface area contributed by atoms with Gasteiger partial charge in [-0.2, -0.15) is 0 Å². The molecule has 4 rings (SSSR count). The van der Waals surface area contributed by atoms with Crippen molar-refractivity contribution in [3.8, 4) is 5.75 Å². The van der Waals surface area contributed by atoms with Gasteiger partial charge in [-0.25, -0.2) is 0 Å². The maximum Gasteiger partial charge on any atom is 0.124 e. The topological polar surface area (TPSA) is 21.3 Å². The summed E-state index contributed by atoms with van der Waals surface area (Å²) in [5.41, 5.74) is 4.02. The van der Waals surface area contributed by atoms with Crippen LogP contribution in [0, 0.1) is 0 Å². The lowest BCUT2D eigenvalue weighted by molar-refractivity contribution is 0.310. The summed E-state index contributed by atoms with van der Waals surface area (Å²) in [5, 5.41) is 3.68. The summed E-state index contributed by atoms with van der Waals surface area (Å²) in [6.07, 6.45) is 1.06. The highest BCUT2D eigenvalue weighted by Crippen LogP contribution is 2.32. The Bertz CT molecular complexity index is 761. The normalized spacial score (nSPS) is 15.8. The van der Waals surface area contributed by atoms with E-state index in [1.807, 2.05) is 12.1 Å². The summed E-state index contributed by atoms with van der Waals surface area (Å²) in [5.74, 6) is 1.43. The molecule has 0 radical (unpaired) electrons. The molecular weight excluding hydrogens is 306 g/mol. The van der Waals surface area contributed by atoms with Crippen molar-refractivity contribution < 1.29 is 4.74 Å². The molecule has 0 amide bonds. The molecule has 3 aromatic carbocycles. The highest BCUT2D eigenvalue weighted by Gasteiger charge is 2.23. The van der Waals surface area contributed by atoms with E-state index in [9.17, 15) is 0 Å². The van der Waals surface area contributed by atoms with E-state index < -0.39 is 0 Å². The number of para-hydroxylation sites is 1. The maximum atomic E-state index is 5.78. The van der Waals surface area contributed by atoms with Crippen LogP contribution in [0.25, 0.3) is 0 Å². The van der Waals surface area contributed by atoms with E-state index >= 15 is 0 Å². The van der Waals surface area contributed by atoms with Crippen LogP contribution in [0.2, 0.25) is 0 Å². The van der Waals surface area contributed by atoms with E-state index in [0.29, 0.717) is 12.0 Å². The fourth-order valence-electron chi connectivity index (χ4n) is 3.63. The van der Waals surface area contributed by atoms with Crippen LogP contribution in [0.5, 0.6) is 5.75 Å². The van der Waals surface area contributed by atoms with Crippen LogP contribution < -0.4 is 10.1 Å². The molecule has 0 spiro atoms. The predicted octanol–water partition coefficient (Wildman–Crippen LogP) is 4.93. The van der Waals surface area contributed by atoms with Gasteiger partial charge in [0.05, 0.1) is 6.04 Å². The van der Waals surface area contributed by atoms with Crippen LogP contribution in [-0.4, -0.2) is 13.2 Å². The van der Waals surface area contributed by atoms with Crippen molar-refractivity contribution in [1.82, 2.24) is 5.32 Å². The van der Waals surface area contributed by atoms with Gasteiger partial charge in [0, 0.05) is 11.5 Å². The monoisotopic (exact) mass is 329 g/mol. The third-order valence-electron chi connectivity index (χ3n) is 4.93. The summed E-state index contributed by atoms with van der Waals surface area (Å²) in [6.45, 7) is 1.68. The molecule has 0 saturated carbocycles. The van der Waals surface area contributed by atoms with E-state index in [0.717, 1.165) is 25.3 Å². The Morgan fingerprint density at radius 1 is 0.800 bits per heavy atom. The molecule has 0 fully saturated rings. The molecule has 0 unspecified atom stereocenters. The Labute approximate surface area is 149 Å². The zero-order valence-electron chi connectivity index (χ0n) is 14.3. The average Bonchev–Trinajstić information content (AvgIpc) is 3.10. The lowest BCUT2D eigenvalue weighted by atomic mass is 9.88. The van der Waals surface area contributed by atoms with Crippen molar-refractivity contribution in [2.45, 2.75) is 18.4 Å². The number of ether oxygens (including phenoxy) is 1. The number of rotatable bonds is 6. The summed E-state index contributed by atoms with van der Waals surface area (Å²) in [4.78, 5) is 0. The maximum absolute atomic E-state index is 5.78. The van der Waals surface area contributed by atoms with Crippen molar-refractivity contribution in [3.05, 3.63) is 102 Å². The first kappa shape index (κ1) is 15.9. The molecular formula is C23H23NO. The smallest absolute Gasteiger partial charge is 0.124 e. The molecule has 0 bridgehead atoms. The molecule has 1 atom stereocenters. The third kappa shape index (κ3) is 3.59. The van der Waals surface area contributed by atoms with Gasteiger partial charge < -0.3 is 10.1 Å². The first-order valence-electron chi connectivity index (χ1n) is 8.97. The van der Waals surface area contributed by atoms with Crippen molar-refractivity contribution in [2.24, 2.45) is 0 Å². The predicted molar refractivity (Wildman–Crippen MR) is 102 cm³/mol. The summed E-state index contributed by atoms with van der Waals surface area (Å²) in [6, 6.07) is 30.2. The summed E-state index contributed by atoms with van der Waals surface area (Å²) < 4.78 is 5.78. The van der Waals surface area contributed by atoms with E-state index in [4.69, 9.17) is 4.74 Å². The van der Waals surface area contributed by atoms with Crippen molar-refractivity contribution in [1.29, 1.82) is 0 Å². The number of nitrogens with one attached hydrogen (secondary N) is 1. The van der Waals surface area contributed by atoms with Gasteiger partial charge in [0.1, 0.15) is 12.4 Å². The van der Waals surface area contributed by atoms with E-state index in [1.165, 1.54) is 16.7 Å². The molecule has 2 nitrogen and oxygen atoms in total. The van der Waals surface area contributed by atoms with Crippen LogP contribution in [-0.2, 0) is 0 Å². The summed E-state index contributed by atoms with van der Waals surface area (Å²) >= 11 is 0. The van der Waals surface area contributed by atoms with Crippen molar-refractivity contribution >= 4 is 0 Å². The van der Waals surface area contributed by atoms with E-state index in [2.05, 4.69) is 78.1 Å². The molecule has 1 aliphatic rings. The van der Waals surface area contributed by atoms with Crippen LogP contribution in [0.15, 0.2) is 84.9 Å². The lowest BCUT2D eigenvalue weighted by Crippen LogP contribution is -2.25. The molecule has 3 aromatic rings. The van der Waals surface area contributed by atoms with Gasteiger partial charge in [0.25, 0.3) is 0 Å². The van der Waals surface area contributed by atoms with Crippen LogP contribution >= 0.6 is 0 Å². The van der Waals surface area contributed by atoms with Gasteiger partial charge in [0.2, 0.25) is 0 Å². The zero-order valence-corrected chi connectivity index (χ0v) is 14.3. The third-order valence-corrected chi connectivity index (χ3v) is 4.93. The van der Waals surface area contributed by atoms with Gasteiger partial charge in [-0.3, -0.25) is 0 Å². The van der Waals surface area contributed by atoms with Crippen LogP contribution in [0.1, 0.15) is 35.1 Å². The minimum atomic E-state index is 0.295. The number of hydrogen-bond acceptors (Lipinski definition) is 2. The van der Waals surface area contributed by atoms with E-state index in [-0.39, 0.29) is 0 Å². The molecule has 1 aliphatic heterocycles.